The molecule has 0 radical (unpaired) electrons. The molecule has 1 aliphatic rings. The fourth-order valence-electron chi connectivity index (χ4n) is 3.29. The van der Waals surface area contributed by atoms with E-state index >= 15 is 0 Å². The number of morpholine rings is 1. The average molecular weight is 500 g/mol. The smallest absolute Gasteiger partial charge is 0.252 e. The second kappa shape index (κ2) is 11.2. The van der Waals surface area contributed by atoms with Gasteiger partial charge in [0, 0.05) is 43.3 Å². The molecule has 10 heteroatoms. The lowest BCUT2D eigenvalue weighted by molar-refractivity contribution is -0.114. The van der Waals surface area contributed by atoms with Crippen LogP contribution in [0.15, 0.2) is 42.5 Å². The van der Waals surface area contributed by atoms with Gasteiger partial charge in [0.25, 0.3) is 5.91 Å². The highest BCUT2D eigenvalue weighted by atomic mass is 35.5. The zero-order valence-electron chi connectivity index (χ0n) is 17.0. The third kappa shape index (κ3) is 5.82. The quantitative estimate of drug-likeness (QED) is 0.446. The number of carbonyl (C=O) groups excluding carboxylic acids is 1. The van der Waals surface area contributed by atoms with Gasteiger partial charge in [-0.1, -0.05) is 41.1 Å². The maximum Gasteiger partial charge on any atom is 0.252 e. The summed E-state index contributed by atoms with van der Waals surface area (Å²) in [6, 6.07) is 9.21. The van der Waals surface area contributed by atoms with Crippen LogP contribution in [0.25, 0.3) is 16.3 Å². The highest BCUT2D eigenvalue weighted by Crippen LogP contribution is 2.31. The third-order valence-corrected chi connectivity index (χ3v) is 6.32. The first-order chi connectivity index (χ1) is 15.0. The van der Waals surface area contributed by atoms with Gasteiger partial charge in [0.2, 0.25) is 0 Å². The van der Waals surface area contributed by atoms with Gasteiger partial charge < -0.3 is 4.74 Å². The molecule has 3 aromatic rings. The minimum atomic E-state index is -0.746. The molecule has 2 aromatic carbocycles. The minimum absolute atomic E-state index is 0. The Morgan fingerprint density at radius 3 is 2.75 bits per heavy atom. The van der Waals surface area contributed by atoms with E-state index in [1.54, 1.807) is 18.2 Å². The summed E-state index contributed by atoms with van der Waals surface area (Å²) in [4.78, 5) is 21.1. The molecule has 32 heavy (non-hydrogen) atoms. The molecule has 0 bridgehead atoms. The minimum Gasteiger partial charge on any atom is -0.379 e. The summed E-state index contributed by atoms with van der Waals surface area (Å²) in [6.45, 7) is 3.81. The van der Waals surface area contributed by atoms with Crippen LogP contribution in [0.5, 0.6) is 0 Å². The average Bonchev–Trinajstić information content (AvgIpc) is 3.18. The van der Waals surface area contributed by atoms with Crippen molar-refractivity contribution < 1.29 is 18.3 Å². The van der Waals surface area contributed by atoms with Crippen LogP contribution in [0, 0.1) is 11.6 Å². The molecule has 0 atom stereocenters. The molecular formula is C22H21Cl2F2N3O2S. The number of fused-ring (bicyclic) bond motifs is 1. The molecule has 1 fully saturated rings. The molecule has 1 saturated heterocycles. The van der Waals surface area contributed by atoms with E-state index in [9.17, 15) is 13.6 Å². The van der Waals surface area contributed by atoms with Crippen molar-refractivity contribution in [3.63, 3.8) is 0 Å². The number of carbonyl (C=O) groups is 1. The lowest BCUT2D eigenvalue weighted by atomic mass is 10.2. The number of thiazole rings is 1. The number of hydrogen-bond acceptors (Lipinski definition) is 5. The van der Waals surface area contributed by atoms with E-state index in [-0.39, 0.29) is 23.8 Å². The van der Waals surface area contributed by atoms with E-state index in [0.717, 1.165) is 30.5 Å². The van der Waals surface area contributed by atoms with Crippen molar-refractivity contribution in [2.24, 2.45) is 0 Å². The van der Waals surface area contributed by atoms with Gasteiger partial charge in [-0.3, -0.25) is 14.6 Å². The van der Waals surface area contributed by atoms with E-state index in [1.807, 2.05) is 12.1 Å². The lowest BCUT2D eigenvalue weighted by Crippen LogP contribution is -2.42. The standard InChI is InChI=1S/C22H20ClF2N3O2S.ClH/c23-17-4-2-1-3-15(17)5-6-20(29)28(8-7-27-9-11-30-12-10-27)22-26-21-18(25)13-16(24)14-19(21)31-22;/h1-6,13-14H,7-12H2;1H/b6-5+;. The lowest BCUT2D eigenvalue weighted by Gasteiger charge is -2.28. The molecule has 1 aliphatic heterocycles. The number of halogens is 4. The number of hydrogen-bond donors (Lipinski definition) is 0. The highest BCUT2D eigenvalue weighted by Gasteiger charge is 2.21. The molecule has 0 aliphatic carbocycles. The predicted octanol–water partition coefficient (Wildman–Crippen LogP) is 5.03. The first-order valence-electron chi connectivity index (χ1n) is 9.81. The van der Waals surface area contributed by atoms with Crippen molar-refractivity contribution in [1.29, 1.82) is 0 Å². The van der Waals surface area contributed by atoms with Crippen molar-refractivity contribution in [3.05, 3.63) is 64.7 Å². The Balaban J connectivity index is 0.00000289. The first-order valence-corrected chi connectivity index (χ1v) is 11.0. The number of benzene rings is 2. The van der Waals surface area contributed by atoms with Crippen LogP contribution in [0.3, 0.4) is 0 Å². The van der Waals surface area contributed by atoms with Crippen LogP contribution in [-0.2, 0) is 9.53 Å². The van der Waals surface area contributed by atoms with Crippen molar-refractivity contribution in [2.75, 3.05) is 44.3 Å². The number of aromatic nitrogens is 1. The Labute approximate surface area is 199 Å². The van der Waals surface area contributed by atoms with Crippen LogP contribution in [0.4, 0.5) is 13.9 Å². The molecule has 0 saturated carbocycles. The van der Waals surface area contributed by atoms with Gasteiger partial charge in [-0.2, -0.15) is 0 Å². The molecule has 0 N–H and O–H groups in total. The van der Waals surface area contributed by atoms with Crippen LogP contribution in [0.1, 0.15) is 5.56 Å². The molecule has 1 amide bonds. The second-order valence-electron chi connectivity index (χ2n) is 7.03. The van der Waals surface area contributed by atoms with E-state index in [2.05, 4.69) is 9.88 Å². The van der Waals surface area contributed by atoms with Crippen LogP contribution >= 0.6 is 35.3 Å². The van der Waals surface area contributed by atoms with Crippen LogP contribution in [0.2, 0.25) is 5.02 Å². The maximum absolute atomic E-state index is 14.2. The van der Waals surface area contributed by atoms with Gasteiger partial charge >= 0.3 is 0 Å². The summed E-state index contributed by atoms with van der Waals surface area (Å²) in [7, 11) is 0. The SMILES string of the molecule is Cl.O=C(/C=C/c1ccccc1Cl)N(CCN1CCOCC1)c1nc2c(F)cc(F)cc2s1. The highest BCUT2D eigenvalue weighted by molar-refractivity contribution is 7.22. The van der Waals surface area contributed by atoms with Gasteiger partial charge in [0.15, 0.2) is 10.9 Å². The molecule has 5 nitrogen and oxygen atoms in total. The Morgan fingerprint density at radius 2 is 2.00 bits per heavy atom. The van der Waals surface area contributed by atoms with Gasteiger partial charge in [0.1, 0.15) is 11.3 Å². The topological polar surface area (TPSA) is 45.7 Å². The van der Waals surface area contributed by atoms with E-state index in [1.165, 1.54) is 17.0 Å². The summed E-state index contributed by atoms with van der Waals surface area (Å²) < 4.78 is 33.5. The summed E-state index contributed by atoms with van der Waals surface area (Å²) >= 11 is 7.25. The molecule has 170 valence electrons. The summed E-state index contributed by atoms with van der Waals surface area (Å²) in [5.74, 6) is -1.73. The number of nitrogens with zero attached hydrogens (tertiary/aromatic N) is 3. The molecule has 4 rings (SSSR count). The molecule has 1 aromatic heterocycles. The van der Waals surface area contributed by atoms with Crippen LogP contribution in [-0.4, -0.2) is 55.2 Å². The van der Waals surface area contributed by atoms with Gasteiger partial charge in [-0.25, -0.2) is 13.8 Å². The van der Waals surface area contributed by atoms with Crippen molar-refractivity contribution in [3.8, 4) is 0 Å². The zero-order chi connectivity index (χ0) is 21.8. The molecule has 0 unspecified atom stereocenters. The largest absolute Gasteiger partial charge is 0.379 e. The molecule has 2 heterocycles. The Kier molecular flexibility index (Phi) is 8.56. The third-order valence-electron chi connectivity index (χ3n) is 4.95. The van der Waals surface area contributed by atoms with E-state index in [4.69, 9.17) is 16.3 Å². The summed E-state index contributed by atoms with van der Waals surface area (Å²) in [6.07, 6.45) is 3.06. The van der Waals surface area contributed by atoms with Gasteiger partial charge in [-0.05, 0) is 23.8 Å². The number of anilines is 1. The Hall–Kier alpha value is -2.10. The predicted molar refractivity (Wildman–Crippen MR) is 127 cm³/mol. The summed E-state index contributed by atoms with van der Waals surface area (Å²) in [5.41, 5.74) is 0.767. The number of amides is 1. The fraction of sp³-hybridized carbons (Fsp3) is 0.273. The van der Waals surface area contributed by atoms with Crippen molar-refractivity contribution in [1.82, 2.24) is 9.88 Å². The number of ether oxygens (including phenoxy) is 1. The zero-order valence-corrected chi connectivity index (χ0v) is 19.4. The maximum atomic E-state index is 14.2. The Bertz CT molecular complexity index is 1120. The van der Waals surface area contributed by atoms with Gasteiger partial charge in [-0.15, -0.1) is 12.4 Å². The van der Waals surface area contributed by atoms with Crippen molar-refractivity contribution in [2.45, 2.75) is 0 Å². The molecular weight excluding hydrogens is 479 g/mol. The van der Waals surface area contributed by atoms with Crippen LogP contribution < -0.4 is 4.90 Å². The Morgan fingerprint density at radius 1 is 1.25 bits per heavy atom. The number of rotatable bonds is 6. The van der Waals surface area contributed by atoms with E-state index < -0.39 is 11.6 Å². The second-order valence-corrected chi connectivity index (χ2v) is 8.45. The fourth-order valence-corrected chi connectivity index (χ4v) is 4.52. The van der Waals surface area contributed by atoms with Crippen molar-refractivity contribution >= 4 is 62.7 Å². The van der Waals surface area contributed by atoms with Gasteiger partial charge in [0.05, 0.1) is 17.9 Å². The first kappa shape index (κ1) is 24.5. The monoisotopic (exact) mass is 499 g/mol. The molecule has 0 spiro atoms. The van der Waals surface area contributed by atoms with E-state index in [0.29, 0.717) is 46.7 Å². The normalized spacial score (nSPS) is 14.6. The summed E-state index contributed by atoms with van der Waals surface area (Å²) in [5, 5.41) is 0.852.